The second kappa shape index (κ2) is 12.2. The lowest BCUT2D eigenvalue weighted by atomic mass is 9.97. The summed E-state index contributed by atoms with van der Waals surface area (Å²) in [5.41, 5.74) is -1.08. The first-order valence-corrected chi connectivity index (χ1v) is 11.2. The van der Waals surface area contributed by atoms with Gasteiger partial charge in [-0.1, -0.05) is 24.3 Å². The van der Waals surface area contributed by atoms with Gasteiger partial charge in [0.1, 0.15) is 19.2 Å². The molecule has 1 aromatic rings. The molecule has 198 valence electrons. The molecule has 0 saturated carbocycles. The van der Waals surface area contributed by atoms with Crippen molar-refractivity contribution < 1.29 is 37.1 Å². The summed E-state index contributed by atoms with van der Waals surface area (Å²) in [5, 5.41) is 4.55. The van der Waals surface area contributed by atoms with E-state index in [9.17, 15) is 32.3 Å². The molecular formula is C22H27ClF3N5O5. The molecule has 1 atom stereocenters. The van der Waals surface area contributed by atoms with E-state index in [1.807, 2.05) is 0 Å². The standard InChI is InChI=1S/C22H27ClF3N5O5/c1-4-7-36-20(35)31-6-5-30(12-16(31)18(33)29-13-22(24,25)26)21(2,3)19(34)28-11-17(32)14-8-15(23)10-27-9-14/h4,8-10,16H,1,5-7,11-13H2,2-3H3,(H,28,34)(H,29,33)/t16-/m0/s1. The van der Waals surface area contributed by atoms with Gasteiger partial charge >= 0.3 is 12.3 Å². The van der Waals surface area contributed by atoms with Crippen LogP contribution in [0.5, 0.6) is 0 Å². The minimum atomic E-state index is -4.65. The van der Waals surface area contributed by atoms with Crippen molar-refractivity contribution in [3.05, 3.63) is 41.7 Å². The first-order valence-electron chi connectivity index (χ1n) is 10.8. The highest BCUT2D eigenvalue weighted by Crippen LogP contribution is 2.22. The van der Waals surface area contributed by atoms with Crippen LogP contribution < -0.4 is 10.6 Å². The molecule has 2 N–H and O–H groups in total. The van der Waals surface area contributed by atoms with E-state index in [1.54, 1.807) is 10.2 Å². The van der Waals surface area contributed by atoms with Gasteiger partial charge < -0.3 is 15.4 Å². The van der Waals surface area contributed by atoms with Gasteiger partial charge in [0, 0.05) is 37.6 Å². The number of pyridine rings is 1. The zero-order valence-corrected chi connectivity index (χ0v) is 20.5. The summed E-state index contributed by atoms with van der Waals surface area (Å²) >= 11 is 5.83. The lowest BCUT2D eigenvalue weighted by Crippen LogP contribution is -2.67. The van der Waals surface area contributed by atoms with Crippen molar-refractivity contribution in [1.29, 1.82) is 0 Å². The second-order valence-corrected chi connectivity index (χ2v) is 8.85. The van der Waals surface area contributed by atoms with E-state index in [4.69, 9.17) is 16.3 Å². The molecule has 2 heterocycles. The van der Waals surface area contributed by atoms with Crippen LogP contribution in [0.1, 0.15) is 24.2 Å². The van der Waals surface area contributed by atoms with Crippen LogP contribution in [0.15, 0.2) is 31.1 Å². The maximum absolute atomic E-state index is 12.9. The number of halogens is 4. The number of ether oxygens (including phenoxy) is 1. The first-order chi connectivity index (χ1) is 16.8. The minimum Gasteiger partial charge on any atom is -0.445 e. The van der Waals surface area contributed by atoms with Crippen LogP contribution >= 0.6 is 11.6 Å². The van der Waals surface area contributed by atoms with Crippen LogP contribution in [0.25, 0.3) is 0 Å². The average Bonchev–Trinajstić information content (AvgIpc) is 2.83. The summed E-state index contributed by atoms with van der Waals surface area (Å²) in [4.78, 5) is 56.7. The highest BCUT2D eigenvalue weighted by molar-refractivity contribution is 6.30. The van der Waals surface area contributed by atoms with Gasteiger partial charge in [-0.05, 0) is 19.9 Å². The Morgan fingerprint density at radius 1 is 1.22 bits per heavy atom. The quantitative estimate of drug-likeness (QED) is 0.367. The average molecular weight is 534 g/mol. The maximum Gasteiger partial charge on any atom is 0.410 e. The molecule has 2 rings (SSSR count). The number of hydrogen-bond acceptors (Lipinski definition) is 7. The summed E-state index contributed by atoms with van der Waals surface area (Å²) in [6, 6.07) is 0.0490. The zero-order chi connectivity index (χ0) is 27.1. The highest BCUT2D eigenvalue weighted by atomic mass is 35.5. The number of carbonyl (C=O) groups is 4. The largest absolute Gasteiger partial charge is 0.445 e. The molecule has 0 spiro atoms. The molecule has 3 amide bonds. The molecule has 0 aromatic carbocycles. The van der Waals surface area contributed by atoms with Crippen molar-refractivity contribution in [2.75, 3.05) is 39.3 Å². The number of amides is 3. The monoisotopic (exact) mass is 533 g/mol. The van der Waals surface area contributed by atoms with Crippen molar-refractivity contribution >= 4 is 35.3 Å². The third-order valence-electron chi connectivity index (χ3n) is 5.49. The fourth-order valence-corrected chi connectivity index (χ4v) is 3.61. The van der Waals surface area contributed by atoms with Crippen molar-refractivity contribution in [2.24, 2.45) is 0 Å². The third kappa shape index (κ3) is 7.92. The Kier molecular flexibility index (Phi) is 9.82. The van der Waals surface area contributed by atoms with E-state index in [0.717, 1.165) is 4.90 Å². The Bertz CT molecular complexity index is 1000. The topological polar surface area (TPSA) is 121 Å². The normalized spacial score (nSPS) is 16.7. The molecular weight excluding hydrogens is 507 g/mol. The van der Waals surface area contributed by atoms with Gasteiger partial charge in [-0.15, -0.1) is 0 Å². The number of carbonyl (C=O) groups excluding carboxylic acids is 4. The predicted octanol–water partition coefficient (Wildman–Crippen LogP) is 1.80. The predicted molar refractivity (Wildman–Crippen MR) is 123 cm³/mol. The van der Waals surface area contributed by atoms with Gasteiger partial charge in [0.05, 0.1) is 17.1 Å². The van der Waals surface area contributed by atoms with Gasteiger partial charge in [-0.25, -0.2) is 4.79 Å². The number of aromatic nitrogens is 1. The first kappa shape index (κ1) is 29.0. The fraction of sp³-hybridized carbons (Fsp3) is 0.500. The Morgan fingerprint density at radius 2 is 1.92 bits per heavy atom. The molecule has 36 heavy (non-hydrogen) atoms. The summed E-state index contributed by atoms with van der Waals surface area (Å²) in [5.74, 6) is -2.05. The van der Waals surface area contributed by atoms with Gasteiger partial charge in [-0.2, -0.15) is 13.2 Å². The summed E-state index contributed by atoms with van der Waals surface area (Å²) in [6.07, 6.45) is -1.58. The van der Waals surface area contributed by atoms with Crippen LogP contribution in [0.4, 0.5) is 18.0 Å². The molecule has 1 fully saturated rings. The maximum atomic E-state index is 12.9. The van der Waals surface area contributed by atoms with Crippen LogP contribution in [-0.4, -0.2) is 95.6 Å². The molecule has 0 aliphatic carbocycles. The number of piperazine rings is 1. The number of rotatable bonds is 9. The molecule has 10 nitrogen and oxygen atoms in total. The fourth-order valence-electron chi connectivity index (χ4n) is 3.44. The summed E-state index contributed by atoms with van der Waals surface area (Å²) < 4.78 is 42.9. The molecule has 1 aromatic heterocycles. The molecule has 0 unspecified atom stereocenters. The summed E-state index contributed by atoms with van der Waals surface area (Å²) in [7, 11) is 0. The summed E-state index contributed by atoms with van der Waals surface area (Å²) in [6.45, 7) is 4.16. The van der Waals surface area contributed by atoms with E-state index in [2.05, 4.69) is 16.9 Å². The van der Waals surface area contributed by atoms with Crippen LogP contribution in [-0.2, 0) is 14.3 Å². The van der Waals surface area contributed by atoms with Crippen molar-refractivity contribution in [1.82, 2.24) is 25.4 Å². The number of hydrogen-bond donors (Lipinski definition) is 2. The van der Waals surface area contributed by atoms with Gasteiger partial charge in [-0.3, -0.25) is 29.2 Å². The lowest BCUT2D eigenvalue weighted by molar-refractivity contribution is -0.145. The lowest BCUT2D eigenvalue weighted by Gasteiger charge is -2.45. The minimum absolute atomic E-state index is 0.0933. The number of ketones is 1. The molecule has 0 bridgehead atoms. The Morgan fingerprint density at radius 3 is 2.53 bits per heavy atom. The highest BCUT2D eigenvalue weighted by Gasteiger charge is 2.44. The van der Waals surface area contributed by atoms with E-state index in [0.29, 0.717) is 0 Å². The smallest absolute Gasteiger partial charge is 0.410 e. The van der Waals surface area contributed by atoms with Gasteiger partial charge in [0.25, 0.3) is 0 Å². The Hall–Kier alpha value is -3.19. The molecule has 1 saturated heterocycles. The molecule has 14 heteroatoms. The number of alkyl halides is 3. The molecule has 1 aliphatic heterocycles. The Labute approximate surface area is 210 Å². The Balaban J connectivity index is 2.12. The second-order valence-electron chi connectivity index (χ2n) is 8.41. The van der Waals surface area contributed by atoms with E-state index < -0.39 is 48.0 Å². The van der Waals surface area contributed by atoms with E-state index in [-0.39, 0.29) is 43.4 Å². The third-order valence-corrected chi connectivity index (χ3v) is 5.69. The number of nitrogens with zero attached hydrogens (tertiary/aromatic N) is 3. The van der Waals surface area contributed by atoms with Crippen LogP contribution in [0.3, 0.4) is 0 Å². The van der Waals surface area contributed by atoms with Gasteiger partial charge in [0.15, 0.2) is 5.78 Å². The van der Waals surface area contributed by atoms with Crippen LogP contribution in [0, 0.1) is 0 Å². The van der Waals surface area contributed by atoms with Crippen molar-refractivity contribution in [2.45, 2.75) is 31.6 Å². The van der Waals surface area contributed by atoms with E-state index >= 15 is 0 Å². The van der Waals surface area contributed by atoms with Gasteiger partial charge in [0.2, 0.25) is 11.8 Å². The molecule has 1 aliphatic rings. The molecule has 0 radical (unpaired) electrons. The van der Waals surface area contributed by atoms with Crippen LogP contribution in [0.2, 0.25) is 5.02 Å². The number of Topliss-reactive ketones (excluding diaryl/α,β-unsaturated/α-hetero) is 1. The SMILES string of the molecule is C=CCOC(=O)N1CCN(C(C)(C)C(=O)NCC(=O)c2cncc(Cl)c2)C[C@H]1C(=O)NCC(F)(F)F. The van der Waals surface area contributed by atoms with Crippen molar-refractivity contribution in [3.8, 4) is 0 Å². The zero-order valence-electron chi connectivity index (χ0n) is 19.7. The van der Waals surface area contributed by atoms with E-state index in [1.165, 1.54) is 38.4 Å². The number of nitrogens with one attached hydrogen (secondary N) is 2. The van der Waals surface area contributed by atoms with Crippen molar-refractivity contribution in [3.63, 3.8) is 0 Å².